The van der Waals surface area contributed by atoms with Crippen LogP contribution in [0.15, 0.2) is 30.3 Å². The van der Waals surface area contributed by atoms with Crippen LogP contribution in [0.5, 0.6) is 0 Å². The summed E-state index contributed by atoms with van der Waals surface area (Å²) < 4.78 is 0. The highest BCUT2D eigenvalue weighted by Gasteiger charge is 2.55. The average molecular weight is 386 g/mol. The van der Waals surface area contributed by atoms with Crippen LogP contribution in [0.25, 0.3) is 0 Å². The first kappa shape index (κ1) is 19.2. The van der Waals surface area contributed by atoms with Gasteiger partial charge in [0.1, 0.15) is 18.5 Å². The summed E-state index contributed by atoms with van der Waals surface area (Å²) in [5.41, 5.74) is 1.14. The first-order valence-electron chi connectivity index (χ1n) is 10.5. The Hall–Kier alpha value is -2.12. The minimum absolute atomic E-state index is 0.0467. The third kappa shape index (κ3) is 3.26. The van der Waals surface area contributed by atoms with Gasteiger partial charge in [0.25, 0.3) is 5.91 Å². The van der Waals surface area contributed by atoms with Gasteiger partial charge in [-0.25, -0.2) is 4.79 Å². The number of hydrogen-bond acceptors (Lipinski definition) is 5. The van der Waals surface area contributed by atoms with Crippen LogP contribution >= 0.6 is 0 Å². The number of hydrogen-bond donors (Lipinski definition) is 1. The Kier molecular flexibility index (Phi) is 5.55. The number of benzene rings is 1. The molecule has 3 atom stereocenters. The second kappa shape index (κ2) is 8.09. The van der Waals surface area contributed by atoms with E-state index in [9.17, 15) is 9.59 Å². The Balaban J connectivity index is 1.54. The second-order valence-corrected chi connectivity index (χ2v) is 7.99. The van der Waals surface area contributed by atoms with Gasteiger partial charge in [0.15, 0.2) is 0 Å². The molecule has 1 aromatic carbocycles. The lowest BCUT2D eigenvalue weighted by Crippen LogP contribution is -2.66. The van der Waals surface area contributed by atoms with Crippen LogP contribution in [0, 0.1) is 0 Å². The molecule has 0 saturated carbocycles. The van der Waals surface area contributed by atoms with Crippen molar-refractivity contribution in [2.75, 3.05) is 31.6 Å². The van der Waals surface area contributed by atoms with Crippen molar-refractivity contribution in [1.82, 2.24) is 20.0 Å². The van der Waals surface area contributed by atoms with Gasteiger partial charge in [0.2, 0.25) is 0 Å². The topological polar surface area (TPSA) is 59.1 Å². The molecule has 7 nitrogen and oxygen atoms in total. The van der Waals surface area contributed by atoms with E-state index >= 15 is 0 Å². The first-order valence-corrected chi connectivity index (χ1v) is 10.5. The third-order valence-corrected chi connectivity index (χ3v) is 6.19. The molecule has 3 saturated heterocycles. The fraction of sp³-hybridized carbons (Fsp3) is 0.619. The molecule has 1 aromatic rings. The Morgan fingerprint density at radius 1 is 1.07 bits per heavy atom. The third-order valence-electron chi connectivity index (χ3n) is 6.19. The maximum Gasteiger partial charge on any atom is 0.327 e. The average Bonchev–Trinajstić information content (AvgIpc) is 3.12. The van der Waals surface area contributed by atoms with Crippen LogP contribution in [-0.4, -0.2) is 71.8 Å². The summed E-state index contributed by atoms with van der Waals surface area (Å²) in [6, 6.07) is 9.80. The molecule has 0 spiro atoms. The van der Waals surface area contributed by atoms with Crippen LogP contribution in [-0.2, 0) is 4.79 Å². The van der Waals surface area contributed by atoms with E-state index in [1.54, 1.807) is 4.90 Å². The van der Waals surface area contributed by atoms with Crippen molar-refractivity contribution < 1.29 is 9.59 Å². The number of carbonyl (C=O) groups is 2. The normalized spacial score (nSPS) is 27.9. The fourth-order valence-electron chi connectivity index (χ4n) is 4.71. The Labute approximate surface area is 167 Å². The second-order valence-electron chi connectivity index (χ2n) is 7.99. The highest BCUT2D eigenvalue weighted by atomic mass is 16.2. The number of amides is 3. The van der Waals surface area contributed by atoms with E-state index in [0.717, 1.165) is 50.9 Å². The van der Waals surface area contributed by atoms with Crippen LogP contribution in [0.4, 0.5) is 10.5 Å². The summed E-state index contributed by atoms with van der Waals surface area (Å²) in [4.78, 5) is 33.9. The molecule has 1 N–H and O–H groups in total. The molecule has 0 radical (unpaired) electrons. The molecule has 28 heavy (non-hydrogen) atoms. The first-order chi connectivity index (χ1) is 13.6. The SMILES string of the molecule is CCCCCCN1C(=O)C2C(NC3N(c4ccccc4)CCCN23)N(C)C1=O. The predicted octanol–water partition coefficient (Wildman–Crippen LogP) is 2.25. The molecule has 3 aliphatic rings. The highest BCUT2D eigenvalue weighted by molar-refractivity contribution is 6.00. The summed E-state index contributed by atoms with van der Waals surface area (Å²) >= 11 is 0. The van der Waals surface area contributed by atoms with E-state index in [1.165, 1.54) is 4.90 Å². The number of imide groups is 1. The lowest BCUT2D eigenvalue weighted by molar-refractivity contribution is -0.138. The predicted molar refractivity (Wildman–Crippen MR) is 109 cm³/mol. The smallest absolute Gasteiger partial charge is 0.327 e. The van der Waals surface area contributed by atoms with Crippen LogP contribution in [0.3, 0.4) is 0 Å². The molecule has 4 rings (SSSR count). The summed E-state index contributed by atoms with van der Waals surface area (Å²) in [6.07, 6.45) is 4.87. The van der Waals surface area contributed by atoms with E-state index in [-0.39, 0.29) is 30.4 Å². The van der Waals surface area contributed by atoms with Crippen LogP contribution in [0.1, 0.15) is 39.0 Å². The van der Waals surface area contributed by atoms with Crippen LogP contribution in [0.2, 0.25) is 0 Å². The zero-order valence-corrected chi connectivity index (χ0v) is 16.9. The van der Waals surface area contributed by atoms with E-state index < -0.39 is 0 Å². The van der Waals surface area contributed by atoms with Gasteiger partial charge in [-0.2, -0.15) is 0 Å². The van der Waals surface area contributed by atoms with Gasteiger partial charge in [-0.05, 0) is 25.0 Å². The number of urea groups is 1. The Bertz CT molecular complexity index is 712. The minimum atomic E-state index is -0.314. The van der Waals surface area contributed by atoms with Crippen molar-refractivity contribution in [2.45, 2.75) is 57.5 Å². The molecular formula is C21H31N5O2. The lowest BCUT2D eigenvalue weighted by Gasteiger charge is -2.43. The van der Waals surface area contributed by atoms with Crippen molar-refractivity contribution in [2.24, 2.45) is 0 Å². The monoisotopic (exact) mass is 385 g/mol. The number of rotatable bonds is 6. The molecule has 3 unspecified atom stereocenters. The van der Waals surface area contributed by atoms with Gasteiger partial charge in [0.05, 0.1) is 0 Å². The number of likely N-dealkylation sites (N-methyl/N-ethyl adjacent to an activating group) is 1. The Morgan fingerprint density at radius 2 is 1.86 bits per heavy atom. The molecular weight excluding hydrogens is 354 g/mol. The van der Waals surface area contributed by atoms with Crippen molar-refractivity contribution in [3.05, 3.63) is 30.3 Å². The molecule has 152 valence electrons. The van der Waals surface area contributed by atoms with E-state index in [4.69, 9.17) is 0 Å². The van der Waals surface area contributed by atoms with Crippen molar-refractivity contribution in [1.29, 1.82) is 0 Å². The van der Waals surface area contributed by atoms with Crippen molar-refractivity contribution in [3.8, 4) is 0 Å². The number of nitrogens with zero attached hydrogens (tertiary/aromatic N) is 4. The standard InChI is InChI=1S/C21H31N5O2/c1-3-4-5-9-13-26-19(27)17-18(23(2)21(26)28)22-20-24(14-10-15-25(17)20)16-11-7-6-8-12-16/h6-8,11-12,17-18,20,22H,3-5,9-10,13-15H2,1-2H3. The van der Waals surface area contributed by atoms with E-state index in [2.05, 4.69) is 34.2 Å². The molecule has 3 aliphatic heterocycles. The van der Waals surface area contributed by atoms with E-state index in [0.29, 0.717) is 6.54 Å². The molecule has 0 bridgehead atoms. The van der Waals surface area contributed by atoms with Gasteiger partial charge in [-0.1, -0.05) is 44.4 Å². The maximum absolute atomic E-state index is 13.3. The van der Waals surface area contributed by atoms with Crippen molar-refractivity contribution >= 4 is 17.6 Å². The van der Waals surface area contributed by atoms with E-state index in [1.807, 2.05) is 25.2 Å². The number of fused-ring (bicyclic) bond motifs is 3. The lowest BCUT2D eigenvalue weighted by atomic mass is 10.1. The molecule has 7 heteroatoms. The van der Waals surface area contributed by atoms with Crippen LogP contribution < -0.4 is 10.2 Å². The summed E-state index contributed by atoms with van der Waals surface area (Å²) in [5.74, 6) is -0.0467. The molecule has 3 heterocycles. The van der Waals surface area contributed by atoms with Gasteiger partial charge < -0.3 is 9.80 Å². The maximum atomic E-state index is 13.3. The number of anilines is 1. The zero-order chi connectivity index (χ0) is 19.7. The van der Waals surface area contributed by atoms with Gasteiger partial charge >= 0.3 is 6.03 Å². The number of carbonyl (C=O) groups excluding carboxylic acids is 2. The summed E-state index contributed by atoms with van der Waals surface area (Å²) in [6.45, 7) is 4.48. The zero-order valence-electron chi connectivity index (χ0n) is 16.9. The number of para-hydroxylation sites is 1. The molecule has 0 aliphatic carbocycles. The Morgan fingerprint density at radius 3 is 2.61 bits per heavy atom. The molecule has 0 aromatic heterocycles. The highest BCUT2D eigenvalue weighted by Crippen LogP contribution is 2.33. The van der Waals surface area contributed by atoms with Gasteiger partial charge in [-0.3, -0.25) is 19.9 Å². The largest absolute Gasteiger partial charge is 0.343 e. The van der Waals surface area contributed by atoms with Crippen molar-refractivity contribution in [3.63, 3.8) is 0 Å². The molecule has 3 amide bonds. The minimum Gasteiger partial charge on any atom is -0.343 e. The quantitative estimate of drug-likeness (QED) is 0.761. The molecule has 3 fully saturated rings. The number of nitrogens with one attached hydrogen (secondary N) is 1. The summed E-state index contributed by atoms with van der Waals surface area (Å²) in [5, 5.41) is 3.56. The summed E-state index contributed by atoms with van der Waals surface area (Å²) in [7, 11) is 1.81. The van der Waals surface area contributed by atoms with Gasteiger partial charge in [0, 0.05) is 32.4 Å². The number of unbranched alkanes of at least 4 members (excludes halogenated alkanes) is 3. The fourth-order valence-corrected chi connectivity index (χ4v) is 4.71. The van der Waals surface area contributed by atoms with Gasteiger partial charge in [-0.15, -0.1) is 0 Å².